The molecule has 1 unspecified atom stereocenters. The van der Waals surface area contributed by atoms with Crippen LogP contribution in [0.25, 0.3) is 0 Å². The average molecular weight is 240 g/mol. The van der Waals surface area contributed by atoms with Gasteiger partial charge in [0.15, 0.2) is 0 Å². The molecule has 0 bridgehead atoms. The zero-order chi connectivity index (χ0) is 12.0. The molecule has 0 amide bonds. The molecule has 1 heterocycles. The first-order valence-corrected chi connectivity index (χ1v) is 6.74. The zero-order valence-corrected chi connectivity index (χ0v) is 11.2. The van der Waals surface area contributed by atoms with Gasteiger partial charge < -0.3 is 10.6 Å². The summed E-state index contributed by atoms with van der Waals surface area (Å²) in [5, 5.41) is 7.02. The third-order valence-electron chi connectivity index (χ3n) is 2.35. The van der Waals surface area contributed by atoms with Crippen LogP contribution in [0.4, 0.5) is 11.6 Å². The van der Waals surface area contributed by atoms with Crippen LogP contribution in [-0.2, 0) is 0 Å². The first-order chi connectivity index (χ1) is 7.65. The molecule has 5 heteroatoms. The Hall–Kier alpha value is -0.970. The molecule has 0 aliphatic carbocycles. The Morgan fingerprint density at radius 2 is 2.06 bits per heavy atom. The second kappa shape index (κ2) is 6.58. The Balaban J connectivity index is 2.50. The van der Waals surface area contributed by atoms with Gasteiger partial charge >= 0.3 is 0 Å². The van der Waals surface area contributed by atoms with Crippen molar-refractivity contribution >= 4 is 23.4 Å². The maximum Gasteiger partial charge on any atom is 0.131 e. The molecule has 4 nitrogen and oxygen atoms in total. The average Bonchev–Trinajstić information content (AvgIpc) is 2.28. The van der Waals surface area contributed by atoms with Crippen LogP contribution in [0.5, 0.6) is 0 Å². The minimum atomic E-state index is 0.680. The highest BCUT2D eigenvalue weighted by Crippen LogP contribution is 2.12. The number of aryl methyl sites for hydroxylation is 1. The summed E-state index contributed by atoms with van der Waals surface area (Å²) < 4.78 is 0. The molecule has 2 N–H and O–H groups in total. The van der Waals surface area contributed by atoms with Crippen LogP contribution in [0, 0.1) is 6.92 Å². The van der Waals surface area contributed by atoms with E-state index in [2.05, 4.69) is 33.8 Å². The third-order valence-corrected chi connectivity index (χ3v) is 3.39. The molecular weight excluding hydrogens is 220 g/mol. The van der Waals surface area contributed by atoms with Crippen molar-refractivity contribution in [2.75, 3.05) is 30.5 Å². The minimum absolute atomic E-state index is 0.680. The van der Waals surface area contributed by atoms with Gasteiger partial charge in [-0.15, -0.1) is 0 Å². The van der Waals surface area contributed by atoms with Crippen molar-refractivity contribution < 1.29 is 0 Å². The molecule has 0 aromatic carbocycles. The fourth-order valence-corrected chi connectivity index (χ4v) is 1.66. The first kappa shape index (κ1) is 13.1. The van der Waals surface area contributed by atoms with Gasteiger partial charge in [-0.25, -0.2) is 9.97 Å². The molecule has 1 rings (SSSR count). The van der Waals surface area contributed by atoms with E-state index in [4.69, 9.17) is 0 Å². The number of rotatable bonds is 6. The number of anilines is 2. The van der Waals surface area contributed by atoms with Gasteiger partial charge in [0.1, 0.15) is 17.5 Å². The largest absolute Gasteiger partial charge is 0.373 e. The molecule has 1 aromatic heterocycles. The highest BCUT2D eigenvalue weighted by Gasteiger charge is 2.02. The van der Waals surface area contributed by atoms with Gasteiger partial charge in [-0.2, -0.15) is 11.8 Å². The van der Waals surface area contributed by atoms with Gasteiger partial charge in [0.2, 0.25) is 0 Å². The lowest BCUT2D eigenvalue weighted by Crippen LogP contribution is -2.10. The van der Waals surface area contributed by atoms with E-state index in [1.54, 1.807) is 0 Å². The number of nitrogens with one attached hydrogen (secondary N) is 2. The summed E-state index contributed by atoms with van der Waals surface area (Å²) in [5.41, 5.74) is 0. The van der Waals surface area contributed by atoms with Crippen LogP contribution < -0.4 is 10.6 Å². The van der Waals surface area contributed by atoms with Crippen LogP contribution in [0.15, 0.2) is 6.07 Å². The SMILES string of the molecule is CNc1cc(NCCC(C)SC)nc(C)n1. The molecule has 0 saturated carbocycles. The van der Waals surface area contributed by atoms with Crippen molar-refractivity contribution in [1.29, 1.82) is 0 Å². The van der Waals surface area contributed by atoms with E-state index in [1.165, 1.54) is 0 Å². The summed E-state index contributed by atoms with van der Waals surface area (Å²) in [6, 6.07) is 1.93. The quantitative estimate of drug-likeness (QED) is 0.799. The van der Waals surface area contributed by atoms with Gasteiger partial charge in [0, 0.05) is 24.9 Å². The van der Waals surface area contributed by atoms with E-state index < -0.39 is 0 Å². The number of hydrogen-bond donors (Lipinski definition) is 2. The summed E-state index contributed by atoms with van der Waals surface area (Å²) in [5.74, 6) is 2.53. The number of hydrogen-bond acceptors (Lipinski definition) is 5. The van der Waals surface area contributed by atoms with Gasteiger partial charge in [-0.1, -0.05) is 6.92 Å². The topological polar surface area (TPSA) is 49.8 Å². The minimum Gasteiger partial charge on any atom is -0.373 e. The van der Waals surface area contributed by atoms with Crippen molar-refractivity contribution in [2.24, 2.45) is 0 Å². The molecule has 0 aliphatic heterocycles. The van der Waals surface area contributed by atoms with E-state index in [-0.39, 0.29) is 0 Å². The Morgan fingerprint density at radius 3 is 2.69 bits per heavy atom. The highest BCUT2D eigenvalue weighted by atomic mass is 32.2. The van der Waals surface area contributed by atoms with Crippen LogP contribution in [0.2, 0.25) is 0 Å². The fraction of sp³-hybridized carbons (Fsp3) is 0.636. The lowest BCUT2D eigenvalue weighted by molar-refractivity contribution is 0.847. The van der Waals surface area contributed by atoms with Crippen molar-refractivity contribution in [3.63, 3.8) is 0 Å². The monoisotopic (exact) mass is 240 g/mol. The van der Waals surface area contributed by atoms with E-state index in [0.717, 1.165) is 30.4 Å². The maximum atomic E-state index is 4.34. The molecule has 0 fully saturated rings. The smallest absolute Gasteiger partial charge is 0.131 e. The Kier molecular flexibility index (Phi) is 5.38. The summed E-state index contributed by atoms with van der Waals surface area (Å²) in [6.45, 7) is 5.08. The van der Waals surface area contributed by atoms with Crippen molar-refractivity contribution in [1.82, 2.24) is 9.97 Å². The molecule has 0 aliphatic rings. The van der Waals surface area contributed by atoms with Crippen LogP contribution in [0.1, 0.15) is 19.2 Å². The predicted molar refractivity (Wildman–Crippen MR) is 72.4 cm³/mol. The lowest BCUT2D eigenvalue weighted by Gasteiger charge is -2.10. The van der Waals surface area contributed by atoms with Gasteiger partial charge in [-0.3, -0.25) is 0 Å². The molecule has 0 radical (unpaired) electrons. The number of aromatic nitrogens is 2. The fourth-order valence-electron chi connectivity index (χ4n) is 1.31. The molecule has 90 valence electrons. The van der Waals surface area contributed by atoms with Gasteiger partial charge in [0.25, 0.3) is 0 Å². The molecule has 0 spiro atoms. The van der Waals surface area contributed by atoms with Crippen molar-refractivity contribution in [2.45, 2.75) is 25.5 Å². The van der Waals surface area contributed by atoms with Crippen LogP contribution in [0.3, 0.4) is 0 Å². The summed E-state index contributed by atoms with van der Waals surface area (Å²) in [4.78, 5) is 8.58. The Labute approximate surface area is 102 Å². The van der Waals surface area contributed by atoms with Gasteiger partial charge in [-0.05, 0) is 19.6 Å². The van der Waals surface area contributed by atoms with Crippen LogP contribution in [-0.4, -0.2) is 35.1 Å². The van der Waals surface area contributed by atoms with E-state index in [1.807, 2.05) is 31.8 Å². The van der Waals surface area contributed by atoms with Crippen molar-refractivity contribution in [3.05, 3.63) is 11.9 Å². The summed E-state index contributed by atoms with van der Waals surface area (Å²) in [6.07, 6.45) is 3.28. The number of thioether (sulfide) groups is 1. The Morgan fingerprint density at radius 1 is 1.38 bits per heavy atom. The van der Waals surface area contributed by atoms with Crippen molar-refractivity contribution in [3.8, 4) is 0 Å². The maximum absolute atomic E-state index is 4.34. The Bertz CT molecular complexity index is 330. The second-order valence-corrected chi connectivity index (χ2v) is 4.97. The predicted octanol–water partition coefficient (Wildman–Crippen LogP) is 2.38. The van der Waals surface area contributed by atoms with Crippen LogP contribution >= 0.6 is 11.8 Å². The van der Waals surface area contributed by atoms with Gasteiger partial charge in [0.05, 0.1) is 0 Å². The molecule has 16 heavy (non-hydrogen) atoms. The van der Waals surface area contributed by atoms with E-state index >= 15 is 0 Å². The third kappa shape index (κ3) is 4.26. The normalized spacial score (nSPS) is 12.2. The van der Waals surface area contributed by atoms with E-state index in [9.17, 15) is 0 Å². The summed E-state index contributed by atoms with van der Waals surface area (Å²) >= 11 is 1.89. The standard InChI is InChI=1S/C11H20N4S/c1-8(16-4)5-6-13-11-7-10(12-3)14-9(2)15-11/h7-8H,5-6H2,1-4H3,(H2,12,13,14,15). The zero-order valence-electron chi connectivity index (χ0n) is 10.4. The summed E-state index contributed by atoms with van der Waals surface area (Å²) in [7, 11) is 1.86. The highest BCUT2D eigenvalue weighted by molar-refractivity contribution is 7.99. The molecular formula is C11H20N4S. The first-order valence-electron chi connectivity index (χ1n) is 5.45. The van der Waals surface area contributed by atoms with E-state index in [0.29, 0.717) is 5.25 Å². The second-order valence-electron chi connectivity index (χ2n) is 3.70. The molecule has 1 aromatic rings. The number of nitrogens with zero attached hydrogens (tertiary/aromatic N) is 2. The molecule has 1 atom stereocenters. The lowest BCUT2D eigenvalue weighted by atomic mass is 10.3. The molecule has 0 saturated heterocycles.